The number of fused-ring (bicyclic) bond motifs is 16. The molecule has 0 aliphatic heterocycles. The zero-order valence-corrected chi connectivity index (χ0v) is 11.4. The van der Waals surface area contributed by atoms with Crippen molar-refractivity contribution in [3.8, 4) is 0 Å². The van der Waals surface area contributed by atoms with Crippen LogP contribution in [0.15, 0.2) is 11.6 Å². The summed E-state index contributed by atoms with van der Waals surface area (Å²) in [6.45, 7) is 2.44. The van der Waals surface area contributed by atoms with Gasteiger partial charge in [0.05, 0.1) is 0 Å². The van der Waals surface area contributed by atoms with Crippen molar-refractivity contribution < 1.29 is 0 Å². The molecular weight excluding hydrogens is 216 g/mol. The van der Waals surface area contributed by atoms with Crippen LogP contribution in [0.4, 0.5) is 0 Å². The first-order valence-corrected chi connectivity index (χ1v) is 8.51. The second kappa shape index (κ2) is 2.76. The lowest BCUT2D eigenvalue weighted by atomic mass is 9.60. The molecular formula is C18H24. The van der Waals surface area contributed by atoms with Crippen molar-refractivity contribution in [2.24, 2.45) is 59.2 Å². The molecule has 0 heteroatoms. The minimum atomic E-state index is 1.02. The second-order valence-corrected chi connectivity index (χ2v) is 8.62. The number of rotatable bonds is 0. The SMILES string of the molecule is CC1=CC2CC1C1C3CC(C21)C1C2CCC(C2)C31. The van der Waals surface area contributed by atoms with Crippen LogP contribution >= 0.6 is 0 Å². The van der Waals surface area contributed by atoms with Crippen molar-refractivity contribution in [3.05, 3.63) is 11.6 Å². The van der Waals surface area contributed by atoms with Gasteiger partial charge in [-0.2, -0.15) is 0 Å². The zero-order valence-electron chi connectivity index (χ0n) is 11.4. The van der Waals surface area contributed by atoms with Gasteiger partial charge in [-0.25, -0.2) is 0 Å². The van der Waals surface area contributed by atoms with E-state index < -0.39 is 0 Å². The van der Waals surface area contributed by atoms with E-state index in [9.17, 15) is 0 Å². The third-order valence-electron chi connectivity index (χ3n) is 8.56. The van der Waals surface area contributed by atoms with Crippen molar-refractivity contribution >= 4 is 0 Å². The Hall–Kier alpha value is -0.260. The zero-order chi connectivity index (χ0) is 11.6. The predicted molar refractivity (Wildman–Crippen MR) is 71.7 cm³/mol. The van der Waals surface area contributed by atoms with Crippen LogP contribution in [0.3, 0.4) is 0 Å². The molecule has 0 nitrogen and oxygen atoms in total. The molecule has 10 atom stereocenters. The lowest BCUT2D eigenvalue weighted by molar-refractivity contribution is 0.0486. The first kappa shape index (κ1) is 9.61. The molecule has 0 aromatic carbocycles. The van der Waals surface area contributed by atoms with E-state index in [0.29, 0.717) is 0 Å². The van der Waals surface area contributed by atoms with Crippen molar-refractivity contribution in [1.29, 1.82) is 0 Å². The molecule has 0 saturated heterocycles. The highest BCUT2D eigenvalue weighted by atomic mass is 14.7. The van der Waals surface area contributed by atoms with Crippen molar-refractivity contribution in [2.45, 2.75) is 39.0 Å². The topological polar surface area (TPSA) is 0 Å². The molecule has 96 valence electrons. The average Bonchev–Trinajstić information content (AvgIpc) is 3.14. The van der Waals surface area contributed by atoms with Crippen molar-refractivity contribution in [2.75, 3.05) is 0 Å². The van der Waals surface area contributed by atoms with Crippen LogP contribution in [-0.2, 0) is 0 Å². The molecule has 0 heterocycles. The molecule has 6 aliphatic carbocycles. The van der Waals surface area contributed by atoms with Gasteiger partial charge in [-0.05, 0) is 98.2 Å². The molecule has 0 aromatic heterocycles. The highest BCUT2D eigenvalue weighted by Crippen LogP contribution is 2.76. The molecule has 5 saturated carbocycles. The van der Waals surface area contributed by atoms with Gasteiger partial charge in [-0.1, -0.05) is 11.6 Å². The Morgan fingerprint density at radius 1 is 0.833 bits per heavy atom. The summed E-state index contributed by atoms with van der Waals surface area (Å²) in [6.07, 6.45) is 10.8. The normalized spacial score (nSPS) is 69.7. The van der Waals surface area contributed by atoms with Gasteiger partial charge in [0.15, 0.2) is 0 Å². The van der Waals surface area contributed by atoms with Gasteiger partial charge in [0.25, 0.3) is 0 Å². The maximum atomic E-state index is 2.69. The third kappa shape index (κ3) is 0.816. The van der Waals surface area contributed by atoms with Gasteiger partial charge in [-0.3, -0.25) is 0 Å². The van der Waals surface area contributed by atoms with Crippen molar-refractivity contribution in [1.82, 2.24) is 0 Å². The summed E-state index contributed by atoms with van der Waals surface area (Å²) < 4.78 is 0. The fourth-order valence-corrected chi connectivity index (χ4v) is 8.58. The molecule has 10 unspecified atom stereocenters. The largest absolute Gasteiger partial charge is 0.0819 e. The Bertz CT molecular complexity index is 461. The molecule has 0 spiro atoms. The summed E-state index contributed by atoms with van der Waals surface area (Å²) in [5.41, 5.74) is 1.79. The van der Waals surface area contributed by atoms with Crippen molar-refractivity contribution in [3.63, 3.8) is 0 Å². The minimum Gasteiger partial charge on any atom is -0.0819 e. The van der Waals surface area contributed by atoms with Gasteiger partial charge >= 0.3 is 0 Å². The Morgan fingerprint density at radius 3 is 2.33 bits per heavy atom. The summed E-state index contributed by atoms with van der Waals surface area (Å²) in [5.74, 6) is 11.5. The van der Waals surface area contributed by atoms with Gasteiger partial charge in [-0.15, -0.1) is 0 Å². The fourth-order valence-electron chi connectivity index (χ4n) is 8.58. The first-order valence-electron chi connectivity index (χ1n) is 8.51. The van der Waals surface area contributed by atoms with E-state index in [2.05, 4.69) is 13.0 Å². The molecule has 18 heavy (non-hydrogen) atoms. The molecule has 0 N–H and O–H groups in total. The van der Waals surface area contributed by atoms with Crippen LogP contribution in [0.1, 0.15) is 39.0 Å². The highest BCUT2D eigenvalue weighted by Gasteiger charge is 2.69. The predicted octanol–water partition coefficient (Wildman–Crippen LogP) is 4.13. The first-order chi connectivity index (χ1) is 8.83. The maximum absolute atomic E-state index is 2.69. The molecule has 6 bridgehead atoms. The lowest BCUT2D eigenvalue weighted by Gasteiger charge is -2.44. The Labute approximate surface area is 110 Å². The van der Waals surface area contributed by atoms with E-state index in [1.807, 2.05) is 0 Å². The number of hydrogen-bond acceptors (Lipinski definition) is 0. The number of allylic oxidation sites excluding steroid dienone is 2. The van der Waals surface area contributed by atoms with E-state index >= 15 is 0 Å². The highest BCUT2D eigenvalue weighted by molar-refractivity contribution is 5.28. The van der Waals surface area contributed by atoms with Crippen LogP contribution in [-0.4, -0.2) is 0 Å². The summed E-state index contributed by atoms with van der Waals surface area (Å²) in [7, 11) is 0. The molecule has 0 amide bonds. The quantitative estimate of drug-likeness (QED) is 0.441. The van der Waals surface area contributed by atoms with Gasteiger partial charge in [0.2, 0.25) is 0 Å². The smallest absolute Gasteiger partial charge is 0.0166 e. The van der Waals surface area contributed by atoms with Gasteiger partial charge in [0, 0.05) is 0 Å². The summed E-state index contributed by atoms with van der Waals surface area (Å²) in [5, 5.41) is 0. The maximum Gasteiger partial charge on any atom is -0.0166 e. The molecule has 0 aromatic rings. The lowest BCUT2D eigenvalue weighted by Crippen LogP contribution is -2.40. The Morgan fingerprint density at radius 2 is 1.56 bits per heavy atom. The monoisotopic (exact) mass is 240 g/mol. The fraction of sp³-hybridized carbons (Fsp3) is 0.889. The van der Waals surface area contributed by atoms with E-state index in [1.165, 1.54) is 35.5 Å². The standard InChI is InChI=1S/C18H24/c1-8-4-11-6-12(8)18-14-7-13(17(11)18)15-9-2-3-10(5-9)16(14)15/h4,9-18H,2-3,5-7H2,1H3. The minimum absolute atomic E-state index is 1.02. The Kier molecular flexibility index (Phi) is 1.48. The van der Waals surface area contributed by atoms with E-state index in [1.54, 1.807) is 37.7 Å². The molecule has 5 fully saturated rings. The Balaban J connectivity index is 1.47. The van der Waals surface area contributed by atoms with Crippen LogP contribution in [0, 0.1) is 59.2 Å². The van der Waals surface area contributed by atoms with Crippen LogP contribution in [0.25, 0.3) is 0 Å². The molecule has 6 aliphatic rings. The van der Waals surface area contributed by atoms with Crippen LogP contribution in [0.5, 0.6) is 0 Å². The summed E-state index contributed by atoms with van der Waals surface area (Å²) >= 11 is 0. The third-order valence-corrected chi connectivity index (χ3v) is 8.56. The van der Waals surface area contributed by atoms with Crippen LogP contribution in [0.2, 0.25) is 0 Å². The van der Waals surface area contributed by atoms with Crippen LogP contribution < -0.4 is 0 Å². The molecule has 0 radical (unpaired) electrons. The second-order valence-electron chi connectivity index (χ2n) is 8.62. The number of hydrogen-bond donors (Lipinski definition) is 0. The summed E-state index contributed by atoms with van der Waals surface area (Å²) in [4.78, 5) is 0. The molecule has 6 rings (SSSR count). The van der Waals surface area contributed by atoms with E-state index in [4.69, 9.17) is 0 Å². The average molecular weight is 240 g/mol. The van der Waals surface area contributed by atoms with E-state index in [0.717, 1.165) is 23.7 Å². The summed E-state index contributed by atoms with van der Waals surface area (Å²) in [6, 6.07) is 0. The van der Waals surface area contributed by atoms with E-state index in [-0.39, 0.29) is 0 Å². The van der Waals surface area contributed by atoms with Gasteiger partial charge in [0.1, 0.15) is 0 Å². The van der Waals surface area contributed by atoms with Gasteiger partial charge < -0.3 is 0 Å².